The van der Waals surface area contributed by atoms with E-state index >= 15 is 0 Å². The lowest BCUT2D eigenvalue weighted by atomic mass is 9.94. The Morgan fingerprint density at radius 1 is 1.00 bits per heavy atom. The number of halogens is 1. The molecule has 0 unspecified atom stereocenters. The van der Waals surface area contributed by atoms with Crippen molar-refractivity contribution in [1.82, 2.24) is 5.32 Å². The molecule has 2 fully saturated rings. The second-order valence-corrected chi connectivity index (χ2v) is 10.1. The minimum atomic E-state index is -4.03. The number of nitrogens with one attached hydrogen (secondary N) is 2. The van der Waals surface area contributed by atoms with Crippen molar-refractivity contribution in [2.75, 3.05) is 30.9 Å². The molecule has 0 atom stereocenters. The van der Waals surface area contributed by atoms with Crippen molar-refractivity contribution >= 4 is 21.6 Å². The Hall–Kier alpha value is -2.29. The number of benzene rings is 2. The number of piperidine rings is 2. The summed E-state index contributed by atoms with van der Waals surface area (Å²) in [6.45, 7) is 3.40. The topological polar surface area (TPSA) is 75.3 Å². The molecule has 4 rings (SSSR count). The molecule has 31 heavy (non-hydrogen) atoms. The Morgan fingerprint density at radius 2 is 1.71 bits per heavy atom. The van der Waals surface area contributed by atoms with Gasteiger partial charge >= 0.3 is 5.91 Å². The summed E-state index contributed by atoms with van der Waals surface area (Å²) in [5.74, 6) is -0.656. The number of carbonyl (C=O) groups excluding carboxylic acids is 1. The third-order valence-electron chi connectivity index (χ3n) is 6.54. The van der Waals surface area contributed by atoms with E-state index in [1.165, 1.54) is 30.3 Å². The molecule has 0 aromatic heterocycles. The van der Waals surface area contributed by atoms with Gasteiger partial charge in [-0.3, -0.25) is 9.21 Å². The number of amides is 1. The maximum Gasteiger partial charge on any atom is 0.346 e. The zero-order valence-corrected chi connectivity index (χ0v) is 18.3. The van der Waals surface area contributed by atoms with Gasteiger partial charge in [-0.1, -0.05) is 18.2 Å². The zero-order chi connectivity index (χ0) is 21.9. The van der Waals surface area contributed by atoms with E-state index in [-0.39, 0.29) is 22.5 Å². The van der Waals surface area contributed by atoms with Crippen LogP contribution in [0.1, 0.15) is 42.5 Å². The fraction of sp³-hybridized carbons (Fsp3) is 0.435. The zero-order valence-electron chi connectivity index (χ0n) is 17.5. The molecule has 0 radical (unpaired) electrons. The molecule has 0 spiro atoms. The molecule has 2 aromatic rings. The first kappa shape index (κ1) is 21.9. The van der Waals surface area contributed by atoms with Gasteiger partial charge in [-0.2, -0.15) is 0 Å². The largest absolute Gasteiger partial charge is 0.346 e. The molecule has 0 saturated carbocycles. The molecule has 2 N–H and O–H groups in total. The van der Waals surface area contributed by atoms with Gasteiger partial charge in [-0.15, -0.1) is 0 Å². The summed E-state index contributed by atoms with van der Waals surface area (Å²) < 4.78 is 42.4. The third-order valence-corrected chi connectivity index (χ3v) is 7.90. The Labute approximate surface area is 183 Å². The minimum Gasteiger partial charge on any atom is -0.316 e. The van der Waals surface area contributed by atoms with Crippen molar-refractivity contribution in [1.29, 1.82) is 0 Å². The highest BCUT2D eigenvalue weighted by Gasteiger charge is 2.45. The Kier molecular flexibility index (Phi) is 6.41. The molecule has 166 valence electrons. The van der Waals surface area contributed by atoms with Gasteiger partial charge in [-0.05, 0) is 49.6 Å². The smallest absolute Gasteiger partial charge is 0.316 e. The number of anilines is 1. The Morgan fingerprint density at radius 3 is 2.42 bits per heavy atom. The van der Waals surface area contributed by atoms with Crippen LogP contribution in [0.5, 0.6) is 0 Å². The molecule has 0 aliphatic carbocycles. The first-order valence-corrected chi connectivity index (χ1v) is 12.4. The van der Waals surface area contributed by atoms with Gasteiger partial charge in [0.25, 0.3) is 10.0 Å². The monoisotopic (exact) mass is 446 g/mol. The molecule has 2 heterocycles. The predicted octanol–water partition coefficient (Wildman–Crippen LogP) is 3.52. The van der Waals surface area contributed by atoms with E-state index in [9.17, 15) is 17.6 Å². The number of hydrogen-bond donors (Lipinski definition) is 2. The average Bonchev–Trinajstić information content (AvgIpc) is 2.81. The normalized spacial score (nSPS) is 19.6. The van der Waals surface area contributed by atoms with Gasteiger partial charge in [0.05, 0.1) is 35.3 Å². The van der Waals surface area contributed by atoms with Gasteiger partial charge in [0, 0.05) is 25.9 Å². The maximum atomic E-state index is 14.0. The lowest BCUT2D eigenvalue weighted by Gasteiger charge is -2.46. The second kappa shape index (κ2) is 9.06. The molecule has 6 nitrogen and oxygen atoms in total. The quantitative estimate of drug-likeness (QED) is 0.689. The van der Waals surface area contributed by atoms with Crippen molar-refractivity contribution in [2.45, 2.75) is 43.0 Å². The standard InChI is InChI=1S/C23H29FN3O3S/c24-21-9-2-3-10-22(21)26-31(29,30)20-8-6-7-18(17-20)23(28)27(15-4-1-5-16-27)19-11-13-25-14-12-19/h2-3,6-10,17,19,25-26H,1,4-5,11-16H2/q+1. The van der Waals surface area contributed by atoms with Crippen LogP contribution >= 0.6 is 0 Å². The molecule has 2 saturated heterocycles. The molecule has 2 aliphatic rings. The summed E-state index contributed by atoms with van der Waals surface area (Å²) in [6, 6.07) is 12.0. The Bertz CT molecular complexity index is 1050. The van der Waals surface area contributed by atoms with Gasteiger partial charge in [0.15, 0.2) is 0 Å². The molecule has 0 bridgehead atoms. The maximum absolute atomic E-state index is 14.0. The van der Waals surface area contributed by atoms with E-state index in [4.69, 9.17) is 0 Å². The number of hydrogen-bond acceptors (Lipinski definition) is 4. The molecule has 2 aromatic carbocycles. The van der Waals surface area contributed by atoms with Crippen LogP contribution in [-0.2, 0) is 10.0 Å². The minimum absolute atomic E-state index is 0.00505. The highest BCUT2D eigenvalue weighted by atomic mass is 32.2. The van der Waals surface area contributed by atoms with Crippen LogP contribution in [-0.4, -0.2) is 51.0 Å². The first-order valence-electron chi connectivity index (χ1n) is 10.9. The van der Waals surface area contributed by atoms with Crippen molar-refractivity contribution < 1.29 is 22.1 Å². The summed E-state index contributed by atoms with van der Waals surface area (Å²) >= 11 is 0. The first-order chi connectivity index (χ1) is 14.9. The fourth-order valence-electron chi connectivity index (χ4n) is 4.91. The van der Waals surface area contributed by atoms with E-state index < -0.39 is 15.8 Å². The van der Waals surface area contributed by atoms with Crippen LogP contribution in [0.3, 0.4) is 0 Å². The number of likely N-dealkylation sites (tertiary alicyclic amines) is 1. The van der Waals surface area contributed by atoms with Crippen LogP contribution in [0.25, 0.3) is 0 Å². The summed E-state index contributed by atoms with van der Waals surface area (Å²) in [6.07, 6.45) is 5.02. The molecule has 8 heteroatoms. The van der Waals surface area contributed by atoms with Crippen LogP contribution < -0.4 is 10.0 Å². The van der Waals surface area contributed by atoms with Gasteiger partial charge in [-0.25, -0.2) is 17.6 Å². The van der Waals surface area contributed by atoms with E-state index in [2.05, 4.69) is 10.0 Å². The lowest BCUT2D eigenvalue weighted by Crippen LogP contribution is -2.63. The van der Waals surface area contributed by atoms with E-state index in [0.29, 0.717) is 10.0 Å². The van der Waals surface area contributed by atoms with Crippen molar-refractivity contribution in [3.63, 3.8) is 0 Å². The van der Waals surface area contributed by atoms with Crippen molar-refractivity contribution in [3.8, 4) is 0 Å². The Balaban J connectivity index is 1.64. The van der Waals surface area contributed by atoms with E-state index in [0.717, 1.165) is 58.3 Å². The lowest BCUT2D eigenvalue weighted by molar-refractivity contribution is -0.880. The summed E-state index contributed by atoms with van der Waals surface area (Å²) in [5.41, 5.74) is 0.283. The van der Waals surface area contributed by atoms with Gasteiger partial charge < -0.3 is 5.32 Å². The number of rotatable bonds is 5. The van der Waals surface area contributed by atoms with Crippen molar-refractivity contribution in [2.24, 2.45) is 0 Å². The molecular formula is C23H29FN3O3S+. The number of nitrogens with zero attached hydrogens (tertiary/aromatic N) is 1. The summed E-state index contributed by atoms with van der Waals surface area (Å²) in [4.78, 5) is 13.7. The molecular weight excluding hydrogens is 417 g/mol. The van der Waals surface area contributed by atoms with E-state index in [1.807, 2.05) is 0 Å². The van der Waals surface area contributed by atoms with Crippen LogP contribution in [0.2, 0.25) is 0 Å². The fourth-order valence-corrected chi connectivity index (χ4v) is 6.03. The SMILES string of the molecule is O=C(c1cccc(S(=O)(=O)Nc2ccccc2F)c1)[N+]1(C2CCNCC2)CCCCC1. The van der Waals surface area contributed by atoms with Crippen LogP contribution in [0.15, 0.2) is 53.4 Å². The average molecular weight is 447 g/mol. The predicted molar refractivity (Wildman–Crippen MR) is 118 cm³/mol. The van der Waals surface area contributed by atoms with Crippen LogP contribution in [0.4, 0.5) is 10.1 Å². The molecule has 2 aliphatic heterocycles. The number of carbonyl (C=O) groups is 1. The highest BCUT2D eigenvalue weighted by Crippen LogP contribution is 2.31. The number of para-hydroxylation sites is 1. The van der Waals surface area contributed by atoms with Crippen molar-refractivity contribution in [3.05, 3.63) is 59.9 Å². The number of sulfonamides is 1. The molecule has 1 amide bonds. The second-order valence-electron chi connectivity index (χ2n) is 8.44. The number of quaternary nitrogens is 1. The van der Waals surface area contributed by atoms with Gasteiger partial charge in [0.2, 0.25) is 0 Å². The highest BCUT2D eigenvalue weighted by molar-refractivity contribution is 7.92. The third kappa shape index (κ3) is 4.51. The summed E-state index contributed by atoms with van der Waals surface area (Å²) in [5, 5.41) is 3.37. The van der Waals surface area contributed by atoms with Crippen LogP contribution in [0, 0.1) is 5.82 Å². The van der Waals surface area contributed by atoms with E-state index in [1.54, 1.807) is 18.2 Å². The summed E-state index contributed by atoms with van der Waals surface area (Å²) in [7, 11) is -4.03. The van der Waals surface area contributed by atoms with Gasteiger partial charge in [0.1, 0.15) is 5.82 Å².